The average Bonchev–Trinajstić information content (AvgIpc) is 2.50. The number of hydrogen-bond acceptors (Lipinski definition) is 3. The zero-order valence-corrected chi connectivity index (χ0v) is 11.9. The Balaban J connectivity index is 2.08. The highest BCUT2D eigenvalue weighted by molar-refractivity contribution is 5.95. The van der Waals surface area contributed by atoms with Gasteiger partial charge in [-0.3, -0.25) is 4.79 Å². The Morgan fingerprint density at radius 2 is 2.10 bits per heavy atom. The minimum absolute atomic E-state index is 0.207. The molecule has 0 bridgehead atoms. The lowest BCUT2D eigenvalue weighted by atomic mass is 10.1. The number of carbonyl (C=O) groups excluding carboxylic acids is 1. The number of nitrogens with two attached hydrogens (primary N) is 1. The van der Waals surface area contributed by atoms with E-state index in [9.17, 15) is 9.18 Å². The SMILES string of the molecule is COc1cccc(CNC(=O)c2cc(N)c(C)c(F)c2)c1. The minimum Gasteiger partial charge on any atom is -0.497 e. The van der Waals surface area contributed by atoms with Crippen LogP contribution in [0.3, 0.4) is 0 Å². The van der Waals surface area contributed by atoms with Crippen molar-refractivity contribution in [1.82, 2.24) is 5.32 Å². The van der Waals surface area contributed by atoms with E-state index >= 15 is 0 Å². The molecule has 0 spiro atoms. The van der Waals surface area contributed by atoms with Gasteiger partial charge in [0.2, 0.25) is 0 Å². The highest BCUT2D eigenvalue weighted by Gasteiger charge is 2.11. The zero-order valence-electron chi connectivity index (χ0n) is 11.9. The summed E-state index contributed by atoms with van der Waals surface area (Å²) < 4.78 is 18.7. The number of rotatable bonds is 4. The molecule has 0 aromatic heterocycles. The maximum absolute atomic E-state index is 13.6. The minimum atomic E-state index is -0.485. The molecule has 3 N–H and O–H groups in total. The van der Waals surface area contributed by atoms with Crippen LogP contribution >= 0.6 is 0 Å². The molecular formula is C16H17FN2O2. The number of carbonyl (C=O) groups is 1. The van der Waals surface area contributed by atoms with Crippen molar-refractivity contribution in [2.45, 2.75) is 13.5 Å². The summed E-state index contributed by atoms with van der Waals surface area (Å²) in [5.41, 5.74) is 7.38. The van der Waals surface area contributed by atoms with Crippen molar-refractivity contribution < 1.29 is 13.9 Å². The Kier molecular flexibility index (Phi) is 4.42. The fourth-order valence-corrected chi connectivity index (χ4v) is 1.90. The first-order valence-electron chi connectivity index (χ1n) is 6.48. The summed E-state index contributed by atoms with van der Waals surface area (Å²) in [6, 6.07) is 10.0. The van der Waals surface area contributed by atoms with Crippen LogP contribution in [0.4, 0.5) is 10.1 Å². The van der Waals surface area contributed by atoms with Crippen LogP contribution in [-0.4, -0.2) is 13.0 Å². The number of methoxy groups -OCH3 is 1. The Morgan fingerprint density at radius 1 is 1.33 bits per heavy atom. The first kappa shape index (κ1) is 14.8. The number of halogens is 1. The van der Waals surface area contributed by atoms with E-state index in [1.165, 1.54) is 12.1 Å². The summed E-state index contributed by atoms with van der Waals surface area (Å²) in [5, 5.41) is 2.72. The summed E-state index contributed by atoms with van der Waals surface area (Å²) >= 11 is 0. The smallest absolute Gasteiger partial charge is 0.251 e. The second-order valence-electron chi connectivity index (χ2n) is 4.71. The highest BCUT2D eigenvalue weighted by Crippen LogP contribution is 2.18. The van der Waals surface area contributed by atoms with Gasteiger partial charge >= 0.3 is 0 Å². The number of nitrogens with one attached hydrogen (secondary N) is 1. The molecule has 5 heteroatoms. The summed E-state index contributed by atoms with van der Waals surface area (Å²) in [7, 11) is 1.58. The van der Waals surface area contributed by atoms with Gasteiger partial charge in [0, 0.05) is 23.4 Å². The Morgan fingerprint density at radius 3 is 2.76 bits per heavy atom. The molecule has 2 rings (SSSR count). The normalized spacial score (nSPS) is 10.2. The molecule has 0 atom stereocenters. The van der Waals surface area contributed by atoms with Crippen LogP contribution in [0.25, 0.3) is 0 Å². The molecule has 1 amide bonds. The summed E-state index contributed by atoms with van der Waals surface area (Å²) in [4.78, 5) is 12.0. The van der Waals surface area contributed by atoms with Gasteiger partial charge in [-0.25, -0.2) is 4.39 Å². The fraction of sp³-hybridized carbons (Fsp3) is 0.188. The Bertz CT molecular complexity index is 648. The number of benzene rings is 2. The molecule has 0 aliphatic heterocycles. The lowest BCUT2D eigenvalue weighted by Gasteiger charge is -2.09. The molecule has 0 heterocycles. The van der Waals surface area contributed by atoms with Crippen LogP contribution in [-0.2, 0) is 6.54 Å². The second-order valence-corrected chi connectivity index (χ2v) is 4.71. The fourth-order valence-electron chi connectivity index (χ4n) is 1.90. The topological polar surface area (TPSA) is 64.3 Å². The lowest BCUT2D eigenvalue weighted by molar-refractivity contribution is 0.0950. The van der Waals surface area contributed by atoms with Gasteiger partial charge in [-0.2, -0.15) is 0 Å². The van der Waals surface area contributed by atoms with E-state index in [2.05, 4.69) is 5.32 Å². The van der Waals surface area contributed by atoms with E-state index in [1.807, 2.05) is 24.3 Å². The van der Waals surface area contributed by atoms with Crippen molar-refractivity contribution in [2.75, 3.05) is 12.8 Å². The molecule has 4 nitrogen and oxygen atoms in total. The number of hydrogen-bond donors (Lipinski definition) is 2. The van der Waals surface area contributed by atoms with Crippen molar-refractivity contribution >= 4 is 11.6 Å². The predicted molar refractivity (Wildman–Crippen MR) is 79.7 cm³/mol. The van der Waals surface area contributed by atoms with Gasteiger partial charge < -0.3 is 15.8 Å². The van der Waals surface area contributed by atoms with Crippen LogP contribution in [0, 0.1) is 12.7 Å². The third kappa shape index (κ3) is 3.51. The van der Waals surface area contributed by atoms with Gasteiger partial charge in [-0.15, -0.1) is 0 Å². The number of amides is 1. The van der Waals surface area contributed by atoms with E-state index in [0.29, 0.717) is 17.9 Å². The third-order valence-electron chi connectivity index (χ3n) is 3.23. The molecular weight excluding hydrogens is 271 g/mol. The largest absolute Gasteiger partial charge is 0.497 e. The molecule has 0 aliphatic rings. The molecule has 0 aliphatic carbocycles. The summed E-state index contributed by atoms with van der Waals surface area (Å²) in [6.45, 7) is 1.90. The van der Waals surface area contributed by atoms with Crippen LogP contribution in [0.5, 0.6) is 5.75 Å². The average molecular weight is 288 g/mol. The molecule has 2 aromatic rings. The molecule has 21 heavy (non-hydrogen) atoms. The third-order valence-corrected chi connectivity index (χ3v) is 3.23. The van der Waals surface area contributed by atoms with E-state index in [0.717, 1.165) is 5.56 Å². The van der Waals surface area contributed by atoms with E-state index in [4.69, 9.17) is 10.5 Å². The summed E-state index contributed by atoms with van der Waals surface area (Å²) in [6.07, 6.45) is 0. The highest BCUT2D eigenvalue weighted by atomic mass is 19.1. The predicted octanol–water partition coefficient (Wildman–Crippen LogP) is 2.65. The van der Waals surface area contributed by atoms with Crippen molar-refractivity contribution in [3.05, 3.63) is 58.9 Å². The Labute approximate surface area is 122 Å². The van der Waals surface area contributed by atoms with E-state index in [-0.39, 0.29) is 17.2 Å². The van der Waals surface area contributed by atoms with Gasteiger partial charge in [-0.05, 0) is 36.8 Å². The van der Waals surface area contributed by atoms with E-state index < -0.39 is 5.82 Å². The number of ether oxygens (including phenoxy) is 1. The van der Waals surface area contributed by atoms with Gasteiger partial charge in [0.05, 0.1) is 7.11 Å². The molecule has 110 valence electrons. The zero-order chi connectivity index (χ0) is 15.4. The number of nitrogen functional groups attached to an aromatic ring is 1. The first-order valence-corrected chi connectivity index (χ1v) is 6.48. The standard InChI is InChI=1S/C16H17FN2O2/c1-10-14(17)7-12(8-15(10)18)16(20)19-9-11-4-3-5-13(6-11)21-2/h3-8H,9,18H2,1-2H3,(H,19,20). The molecule has 0 saturated carbocycles. The Hall–Kier alpha value is -2.56. The van der Waals surface area contributed by atoms with Crippen LogP contribution in [0.2, 0.25) is 0 Å². The molecule has 0 saturated heterocycles. The van der Waals surface area contributed by atoms with Crippen LogP contribution in [0.1, 0.15) is 21.5 Å². The summed E-state index contributed by atoms with van der Waals surface area (Å²) in [5.74, 6) is -0.141. The van der Waals surface area contributed by atoms with Crippen molar-refractivity contribution in [3.8, 4) is 5.75 Å². The molecule has 0 unspecified atom stereocenters. The van der Waals surface area contributed by atoms with Gasteiger partial charge in [0.25, 0.3) is 5.91 Å². The molecule has 2 aromatic carbocycles. The second kappa shape index (κ2) is 6.26. The number of anilines is 1. The van der Waals surface area contributed by atoms with Crippen molar-refractivity contribution in [3.63, 3.8) is 0 Å². The van der Waals surface area contributed by atoms with Crippen LogP contribution in [0.15, 0.2) is 36.4 Å². The van der Waals surface area contributed by atoms with Crippen molar-refractivity contribution in [2.24, 2.45) is 0 Å². The van der Waals surface area contributed by atoms with E-state index in [1.54, 1.807) is 14.0 Å². The van der Waals surface area contributed by atoms with Gasteiger partial charge in [0.1, 0.15) is 11.6 Å². The molecule has 0 fully saturated rings. The first-order chi connectivity index (χ1) is 10.0. The maximum Gasteiger partial charge on any atom is 0.251 e. The maximum atomic E-state index is 13.6. The van der Waals surface area contributed by atoms with Gasteiger partial charge in [-0.1, -0.05) is 12.1 Å². The molecule has 0 radical (unpaired) electrons. The lowest BCUT2D eigenvalue weighted by Crippen LogP contribution is -2.23. The monoisotopic (exact) mass is 288 g/mol. The quantitative estimate of drug-likeness (QED) is 0.850. The van der Waals surface area contributed by atoms with Gasteiger partial charge in [0.15, 0.2) is 0 Å². The van der Waals surface area contributed by atoms with Crippen molar-refractivity contribution in [1.29, 1.82) is 0 Å². The van der Waals surface area contributed by atoms with Crippen LogP contribution < -0.4 is 15.8 Å².